The maximum Gasteiger partial charge on any atom is 0.326 e. The molecule has 0 bridgehead atoms. The van der Waals surface area contributed by atoms with Crippen molar-refractivity contribution in [1.82, 2.24) is 0 Å². The Morgan fingerprint density at radius 3 is 2.41 bits per heavy atom. The Morgan fingerprint density at radius 1 is 1.35 bits per heavy atom. The number of unbranched alkanes of at least 4 members (excludes halogenated alkanes) is 1. The third-order valence-corrected chi connectivity index (χ3v) is 3.10. The third-order valence-electron chi connectivity index (χ3n) is 3.10. The predicted octanol–water partition coefficient (Wildman–Crippen LogP) is 2.94. The number of carboxylic acid groups (broad SMARTS) is 1. The van der Waals surface area contributed by atoms with Crippen LogP contribution in [0, 0.1) is 0 Å². The zero-order valence-corrected chi connectivity index (χ0v) is 10.8. The number of rotatable bonds is 6. The van der Waals surface area contributed by atoms with E-state index in [1.54, 1.807) is 18.9 Å². The molecule has 0 aliphatic rings. The van der Waals surface area contributed by atoms with Crippen molar-refractivity contribution < 1.29 is 9.90 Å². The average molecular weight is 235 g/mol. The lowest BCUT2D eigenvalue weighted by Crippen LogP contribution is -2.35. The number of hydrogen-bond acceptors (Lipinski definition) is 2. The number of aryl methyl sites for hydroxylation is 1. The topological polar surface area (TPSA) is 40.5 Å². The molecule has 1 N–H and O–H groups in total. The van der Waals surface area contributed by atoms with Crippen molar-refractivity contribution in [1.29, 1.82) is 0 Å². The number of benzene rings is 1. The number of nitrogens with zero attached hydrogens (tertiary/aromatic N) is 1. The van der Waals surface area contributed by atoms with Crippen molar-refractivity contribution in [2.45, 2.75) is 39.2 Å². The number of likely N-dealkylation sites (N-methyl/N-ethyl adjacent to an activating group) is 1. The lowest BCUT2D eigenvalue weighted by atomic mass is 10.1. The molecule has 0 saturated carbocycles. The summed E-state index contributed by atoms with van der Waals surface area (Å²) in [6.07, 6.45) is 3.48. The van der Waals surface area contributed by atoms with Crippen LogP contribution >= 0.6 is 0 Å². The Kier molecular flexibility index (Phi) is 5.01. The first-order chi connectivity index (χ1) is 8.06. The minimum atomic E-state index is -0.803. The zero-order chi connectivity index (χ0) is 12.8. The highest BCUT2D eigenvalue weighted by atomic mass is 16.4. The first-order valence-corrected chi connectivity index (χ1v) is 6.10. The maximum absolute atomic E-state index is 10.9. The largest absolute Gasteiger partial charge is 0.480 e. The van der Waals surface area contributed by atoms with Crippen LogP contribution < -0.4 is 4.90 Å². The lowest BCUT2D eigenvalue weighted by molar-refractivity contribution is -0.138. The van der Waals surface area contributed by atoms with Gasteiger partial charge in [-0.1, -0.05) is 25.5 Å². The van der Waals surface area contributed by atoms with E-state index in [9.17, 15) is 4.79 Å². The van der Waals surface area contributed by atoms with Gasteiger partial charge in [-0.25, -0.2) is 4.79 Å². The second-order valence-corrected chi connectivity index (χ2v) is 4.40. The highest BCUT2D eigenvalue weighted by Gasteiger charge is 2.16. The molecule has 0 aliphatic carbocycles. The molecule has 1 aromatic carbocycles. The molecule has 0 spiro atoms. The van der Waals surface area contributed by atoms with Crippen molar-refractivity contribution in [3.8, 4) is 0 Å². The van der Waals surface area contributed by atoms with Gasteiger partial charge in [-0.15, -0.1) is 0 Å². The molecule has 0 aromatic heterocycles. The van der Waals surface area contributed by atoms with E-state index in [0.29, 0.717) is 0 Å². The first-order valence-electron chi connectivity index (χ1n) is 6.10. The van der Waals surface area contributed by atoms with Gasteiger partial charge in [0, 0.05) is 12.7 Å². The molecule has 3 nitrogen and oxygen atoms in total. The molecule has 94 valence electrons. The van der Waals surface area contributed by atoms with Crippen molar-refractivity contribution >= 4 is 11.7 Å². The van der Waals surface area contributed by atoms with Crippen molar-refractivity contribution in [2.24, 2.45) is 0 Å². The summed E-state index contributed by atoms with van der Waals surface area (Å²) >= 11 is 0. The highest BCUT2D eigenvalue weighted by molar-refractivity contribution is 5.77. The molecule has 1 rings (SSSR count). The van der Waals surface area contributed by atoms with E-state index in [1.807, 2.05) is 12.1 Å². The molecule has 0 fully saturated rings. The number of carboxylic acids is 1. The summed E-state index contributed by atoms with van der Waals surface area (Å²) in [5.41, 5.74) is 2.26. The predicted molar refractivity (Wildman–Crippen MR) is 70.6 cm³/mol. The first kappa shape index (κ1) is 13.6. The fraction of sp³-hybridized carbons (Fsp3) is 0.500. The molecule has 0 unspecified atom stereocenters. The van der Waals surface area contributed by atoms with Gasteiger partial charge in [0.05, 0.1) is 0 Å². The number of anilines is 1. The maximum atomic E-state index is 10.9. The van der Waals surface area contributed by atoms with Crippen molar-refractivity contribution in [2.75, 3.05) is 11.9 Å². The van der Waals surface area contributed by atoms with E-state index >= 15 is 0 Å². The molecule has 1 aromatic rings. The summed E-state index contributed by atoms with van der Waals surface area (Å²) in [5, 5.41) is 8.94. The van der Waals surface area contributed by atoms with E-state index in [2.05, 4.69) is 19.1 Å². The molecule has 3 heteroatoms. The Balaban J connectivity index is 2.69. The summed E-state index contributed by atoms with van der Waals surface area (Å²) in [6.45, 7) is 3.87. The second-order valence-electron chi connectivity index (χ2n) is 4.40. The van der Waals surface area contributed by atoms with Crippen LogP contribution in [0.5, 0.6) is 0 Å². The van der Waals surface area contributed by atoms with Gasteiger partial charge in [-0.3, -0.25) is 0 Å². The van der Waals surface area contributed by atoms with Gasteiger partial charge in [0.2, 0.25) is 0 Å². The number of carbonyl (C=O) groups is 1. The van der Waals surface area contributed by atoms with Crippen molar-refractivity contribution in [3.05, 3.63) is 29.8 Å². The van der Waals surface area contributed by atoms with Gasteiger partial charge in [0.25, 0.3) is 0 Å². The summed E-state index contributed by atoms with van der Waals surface area (Å²) in [4.78, 5) is 12.7. The molecular formula is C14H21NO2. The van der Waals surface area contributed by atoms with E-state index in [1.165, 1.54) is 18.4 Å². The molecule has 0 radical (unpaired) electrons. The Morgan fingerprint density at radius 2 is 1.94 bits per heavy atom. The van der Waals surface area contributed by atoms with Gasteiger partial charge in [-0.2, -0.15) is 0 Å². The SMILES string of the molecule is CCCCc1ccc(N(C)[C@@H](C)C(=O)O)cc1. The number of hydrogen-bond donors (Lipinski definition) is 1. The normalized spacial score (nSPS) is 12.2. The standard InChI is InChI=1S/C14H21NO2/c1-4-5-6-12-7-9-13(10-8-12)15(3)11(2)14(16)17/h7-11H,4-6H2,1-3H3,(H,16,17)/t11-/m0/s1. The summed E-state index contributed by atoms with van der Waals surface area (Å²) in [5.74, 6) is -0.803. The fourth-order valence-corrected chi connectivity index (χ4v) is 1.67. The van der Waals surface area contributed by atoms with E-state index in [0.717, 1.165) is 12.1 Å². The Hall–Kier alpha value is -1.51. The molecule has 0 heterocycles. The molecule has 0 saturated heterocycles. The summed E-state index contributed by atoms with van der Waals surface area (Å²) < 4.78 is 0. The van der Waals surface area contributed by atoms with Crippen LogP contribution in [0.2, 0.25) is 0 Å². The second kappa shape index (κ2) is 6.28. The lowest BCUT2D eigenvalue weighted by Gasteiger charge is -2.23. The average Bonchev–Trinajstić information content (AvgIpc) is 2.35. The Labute approximate surface area is 103 Å². The molecule has 0 aliphatic heterocycles. The van der Waals surface area contributed by atoms with Gasteiger partial charge in [0.15, 0.2) is 0 Å². The van der Waals surface area contributed by atoms with Gasteiger partial charge in [-0.05, 0) is 37.5 Å². The quantitative estimate of drug-likeness (QED) is 0.824. The molecule has 17 heavy (non-hydrogen) atoms. The minimum Gasteiger partial charge on any atom is -0.480 e. The Bertz CT molecular complexity index is 359. The summed E-state index contributed by atoms with van der Waals surface area (Å²) in [6, 6.07) is 7.64. The van der Waals surface area contributed by atoms with Crippen LogP contribution in [-0.2, 0) is 11.2 Å². The van der Waals surface area contributed by atoms with Crippen LogP contribution in [0.1, 0.15) is 32.3 Å². The third kappa shape index (κ3) is 3.77. The number of aliphatic carboxylic acids is 1. The van der Waals surface area contributed by atoms with Crippen LogP contribution in [0.4, 0.5) is 5.69 Å². The van der Waals surface area contributed by atoms with Gasteiger partial charge >= 0.3 is 5.97 Å². The van der Waals surface area contributed by atoms with Gasteiger partial charge in [0.1, 0.15) is 6.04 Å². The molecular weight excluding hydrogens is 214 g/mol. The summed E-state index contributed by atoms with van der Waals surface area (Å²) in [7, 11) is 1.81. The molecule has 0 amide bonds. The minimum absolute atomic E-state index is 0.503. The van der Waals surface area contributed by atoms with E-state index in [4.69, 9.17) is 5.11 Å². The van der Waals surface area contributed by atoms with E-state index < -0.39 is 12.0 Å². The zero-order valence-electron chi connectivity index (χ0n) is 10.8. The van der Waals surface area contributed by atoms with Crippen LogP contribution in [0.15, 0.2) is 24.3 Å². The molecule has 1 atom stereocenters. The smallest absolute Gasteiger partial charge is 0.326 e. The van der Waals surface area contributed by atoms with Crippen LogP contribution in [0.3, 0.4) is 0 Å². The fourth-order valence-electron chi connectivity index (χ4n) is 1.67. The van der Waals surface area contributed by atoms with Crippen molar-refractivity contribution in [3.63, 3.8) is 0 Å². The monoisotopic (exact) mass is 235 g/mol. The van der Waals surface area contributed by atoms with Crippen LogP contribution in [0.25, 0.3) is 0 Å². The van der Waals surface area contributed by atoms with Gasteiger partial charge < -0.3 is 10.0 Å². The highest BCUT2D eigenvalue weighted by Crippen LogP contribution is 2.17. The van der Waals surface area contributed by atoms with Crippen LogP contribution in [-0.4, -0.2) is 24.2 Å². The van der Waals surface area contributed by atoms with E-state index in [-0.39, 0.29) is 0 Å².